The lowest BCUT2D eigenvalue weighted by molar-refractivity contribution is -0.116. The summed E-state index contributed by atoms with van der Waals surface area (Å²) in [6, 6.07) is 13.2. The average Bonchev–Trinajstić information content (AvgIpc) is 2.83. The van der Waals surface area contributed by atoms with Crippen LogP contribution in [0, 0.1) is 0 Å². The number of nitrogens with zero attached hydrogens (tertiary/aromatic N) is 1. The highest BCUT2D eigenvalue weighted by atomic mass is 16.5. The molecule has 0 saturated carbocycles. The lowest BCUT2D eigenvalue weighted by atomic mass is 10.0. The van der Waals surface area contributed by atoms with E-state index in [4.69, 9.17) is 0 Å². The summed E-state index contributed by atoms with van der Waals surface area (Å²) in [5, 5.41) is 7.26. The summed E-state index contributed by atoms with van der Waals surface area (Å²) < 4.78 is 9.09. The Balaban J connectivity index is 2.50. The number of aliphatic imine (C=N–C) groups is 1. The van der Waals surface area contributed by atoms with Crippen LogP contribution in [-0.4, -0.2) is 44.1 Å². The second-order valence-electron chi connectivity index (χ2n) is 6.77. The maximum atomic E-state index is 12.9. The minimum atomic E-state index is -0.893. The van der Waals surface area contributed by atoms with E-state index in [1.54, 1.807) is 36.4 Å². The molecule has 0 fully saturated rings. The second-order valence-corrected chi connectivity index (χ2v) is 6.77. The Morgan fingerprint density at radius 1 is 0.879 bits per heavy atom. The van der Waals surface area contributed by atoms with Gasteiger partial charge in [0.1, 0.15) is 0 Å². The van der Waals surface area contributed by atoms with E-state index in [1.165, 1.54) is 12.1 Å². The van der Waals surface area contributed by atoms with Gasteiger partial charge in [-0.05, 0) is 24.6 Å². The molecule has 0 aliphatic carbocycles. The van der Waals surface area contributed by atoms with Crippen molar-refractivity contribution in [3.8, 4) is 0 Å². The van der Waals surface area contributed by atoms with Gasteiger partial charge in [0, 0.05) is 17.5 Å². The number of carbonyl (C=O) groups is 4. The van der Waals surface area contributed by atoms with E-state index in [2.05, 4.69) is 30.4 Å². The van der Waals surface area contributed by atoms with Crippen LogP contribution in [0.15, 0.2) is 53.5 Å². The number of carbonyl (C=O) groups excluding carboxylic acids is 4. The lowest BCUT2D eigenvalue weighted by Crippen LogP contribution is -2.43. The zero-order valence-electron chi connectivity index (χ0n) is 18.6. The Morgan fingerprint density at radius 2 is 1.52 bits per heavy atom. The van der Waals surface area contributed by atoms with Gasteiger partial charge in [-0.15, -0.1) is 0 Å². The number of nitrogens with one attached hydrogen (secondary N) is 3. The summed E-state index contributed by atoms with van der Waals surface area (Å²) in [4.78, 5) is 52.8. The van der Waals surface area contributed by atoms with Crippen molar-refractivity contribution in [2.24, 2.45) is 4.99 Å². The number of methoxy groups -OCH3 is 2. The van der Waals surface area contributed by atoms with Crippen LogP contribution in [0.2, 0.25) is 0 Å². The molecule has 2 rings (SSSR count). The average molecular weight is 454 g/mol. The third-order valence-electron chi connectivity index (χ3n) is 4.37. The maximum Gasteiger partial charge on any atom is 0.413 e. The van der Waals surface area contributed by atoms with E-state index >= 15 is 0 Å². The molecule has 10 heteroatoms. The zero-order valence-corrected chi connectivity index (χ0v) is 18.6. The van der Waals surface area contributed by atoms with Gasteiger partial charge in [0.05, 0.1) is 25.6 Å². The molecule has 10 nitrogen and oxygen atoms in total. The maximum absolute atomic E-state index is 12.9. The summed E-state index contributed by atoms with van der Waals surface area (Å²) in [6.07, 6.45) is 0.0658. The van der Waals surface area contributed by atoms with Crippen molar-refractivity contribution in [2.75, 3.05) is 19.5 Å². The van der Waals surface area contributed by atoms with Gasteiger partial charge in [-0.25, -0.2) is 14.6 Å². The lowest BCUT2D eigenvalue weighted by Gasteiger charge is -2.13. The topological polar surface area (TPSA) is 135 Å². The second kappa shape index (κ2) is 12.6. The molecule has 0 radical (unpaired) electrons. The molecule has 3 N–H and O–H groups in total. The number of rotatable bonds is 7. The molecule has 0 bridgehead atoms. The number of amides is 3. The molecule has 0 heterocycles. The SMILES string of the molecule is CCCCC(=O)Nc1ccc(C(=O)c2ccccc2)cc1N=C(NC(=O)OC)NC(=O)OC. The van der Waals surface area contributed by atoms with Crippen LogP contribution in [0.1, 0.15) is 42.1 Å². The fourth-order valence-electron chi connectivity index (χ4n) is 2.68. The number of alkyl carbamates (subject to hydrolysis) is 2. The first kappa shape index (κ1) is 25.1. The van der Waals surface area contributed by atoms with Crippen LogP contribution in [0.4, 0.5) is 21.0 Å². The number of guanidine groups is 1. The molecule has 0 aliphatic heterocycles. The standard InChI is InChI=1S/C23H26N4O6/c1-4-5-11-19(28)24-17-13-12-16(20(29)15-9-7-6-8-10-15)14-18(17)25-21(26-22(30)32-2)27-23(31)33-3/h6-10,12-14H,4-5,11H2,1-3H3,(H,24,28)(H2,25,26,27,30,31). The van der Waals surface area contributed by atoms with Gasteiger partial charge in [-0.2, -0.15) is 0 Å². The first-order valence-electron chi connectivity index (χ1n) is 10.2. The number of unbranched alkanes of at least 4 members (excludes halogenated alkanes) is 1. The number of hydrogen-bond acceptors (Lipinski definition) is 7. The molecule has 0 spiro atoms. The highest BCUT2D eigenvalue weighted by molar-refractivity contribution is 6.10. The molecule has 3 amide bonds. The first-order chi connectivity index (χ1) is 15.9. The van der Waals surface area contributed by atoms with Gasteiger partial charge < -0.3 is 14.8 Å². The molecule has 33 heavy (non-hydrogen) atoms. The van der Waals surface area contributed by atoms with Gasteiger partial charge in [0.25, 0.3) is 0 Å². The molecule has 2 aromatic carbocycles. The molecule has 0 aliphatic rings. The summed E-state index contributed by atoms with van der Waals surface area (Å²) in [6.45, 7) is 1.97. The van der Waals surface area contributed by atoms with Gasteiger partial charge in [-0.1, -0.05) is 43.7 Å². The van der Waals surface area contributed by atoms with Crippen molar-refractivity contribution in [1.82, 2.24) is 10.6 Å². The summed E-state index contributed by atoms with van der Waals surface area (Å²) in [5.41, 5.74) is 1.18. The Labute approximate surface area is 191 Å². The van der Waals surface area contributed by atoms with Gasteiger partial charge in [-0.3, -0.25) is 20.2 Å². The summed E-state index contributed by atoms with van der Waals surface area (Å²) in [5.74, 6) is -0.819. The molecule has 0 unspecified atom stereocenters. The number of ketones is 1. The van der Waals surface area contributed by atoms with E-state index in [1.807, 2.05) is 6.92 Å². The highest BCUT2D eigenvalue weighted by Crippen LogP contribution is 2.28. The predicted octanol–water partition coefficient (Wildman–Crippen LogP) is 3.75. The Morgan fingerprint density at radius 3 is 2.09 bits per heavy atom. The Bertz CT molecular complexity index is 1020. The van der Waals surface area contributed by atoms with Crippen molar-refractivity contribution in [3.63, 3.8) is 0 Å². The number of hydrogen-bond donors (Lipinski definition) is 3. The van der Waals surface area contributed by atoms with E-state index in [0.717, 1.165) is 20.6 Å². The summed E-state index contributed by atoms with van der Waals surface area (Å²) >= 11 is 0. The third-order valence-corrected chi connectivity index (χ3v) is 4.37. The molecule has 0 aromatic heterocycles. The van der Waals surface area contributed by atoms with Crippen molar-refractivity contribution in [3.05, 3.63) is 59.7 Å². The van der Waals surface area contributed by atoms with Crippen molar-refractivity contribution in [1.29, 1.82) is 0 Å². The monoisotopic (exact) mass is 454 g/mol. The van der Waals surface area contributed by atoms with Crippen LogP contribution in [0.25, 0.3) is 0 Å². The fraction of sp³-hybridized carbons (Fsp3) is 0.261. The van der Waals surface area contributed by atoms with Gasteiger partial charge in [0.2, 0.25) is 11.9 Å². The highest BCUT2D eigenvalue weighted by Gasteiger charge is 2.16. The number of ether oxygens (including phenoxy) is 2. The van der Waals surface area contributed by atoms with Crippen LogP contribution < -0.4 is 16.0 Å². The third kappa shape index (κ3) is 7.76. The number of benzene rings is 2. The Hall–Kier alpha value is -4.21. The van der Waals surface area contributed by atoms with Crippen LogP contribution in [0.3, 0.4) is 0 Å². The van der Waals surface area contributed by atoms with Crippen molar-refractivity contribution in [2.45, 2.75) is 26.2 Å². The Kier molecular flexibility index (Phi) is 9.56. The van der Waals surface area contributed by atoms with Crippen LogP contribution in [0.5, 0.6) is 0 Å². The first-order valence-corrected chi connectivity index (χ1v) is 10.2. The normalized spacial score (nSPS) is 9.91. The molecule has 2 aromatic rings. The predicted molar refractivity (Wildman–Crippen MR) is 123 cm³/mol. The van der Waals surface area contributed by atoms with Crippen LogP contribution >= 0.6 is 0 Å². The van der Waals surface area contributed by atoms with Crippen molar-refractivity contribution >= 4 is 41.2 Å². The summed E-state index contributed by atoms with van der Waals surface area (Å²) in [7, 11) is 2.28. The smallest absolute Gasteiger partial charge is 0.413 e. The molecule has 174 valence electrons. The molecular formula is C23H26N4O6. The number of anilines is 1. The van der Waals surface area contributed by atoms with E-state index in [9.17, 15) is 19.2 Å². The van der Waals surface area contributed by atoms with E-state index in [-0.39, 0.29) is 29.0 Å². The van der Waals surface area contributed by atoms with Crippen molar-refractivity contribution < 1.29 is 28.7 Å². The largest absolute Gasteiger partial charge is 0.453 e. The van der Waals surface area contributed by atoms with Gasteiger partial charge >= 0.3 is 12.2 Å². The zero-order chi connectivity index (χ0) is 24.2. The van der Waals surface area contributed by atoms with Gasteiger partial charge in [0.15, 0.2) is 5.78 Å². The molecule has 0 saturated heterocycles. The fourth-order valence-corrected chi connectivity index (χ4v) is 2.68. The molecular weight excluding hydrogens is 428 g/mol. The van der Waals surface area contributed by atoms with E-state index < -0.39 is 12.2 Å². The van der Waals surface area contributed by atoms with E-state index in [0.29, 0.717) is 24.0 Å². The quantitative estimate of drug-likeness (QED) is 0.331. The minimum Gasteiger partial charge on any atom is -0.453 e. The minimum absolute atomic E-state index is 0.129. The van der Waals surface area contributed by atoms with Crippen LogP contribution in [-0.2, 0) is 14.3 Å². The molecule has 0 atom stereocenters.